The highest BCUT2D eigenvalue weighted by Gasteiger charge is 2.35. The van der Waals surface area contributed by atoms with E-state index in [2.05, 4.69) is 5.32 Å². The minimum atomic E-state index is -0.694. The fourth-order valence-corrected chi connectivity index (χ4v) is 2.85. The summed E-state index contributed by atoms with van der Waals surface area (Å²) in [6.07, 6.45) is 3.32. The lowest BCUT2D eigenvalue weighted by Gasteiger charge is -2.28. The van der Waals surface area contributed by atoms with Crippen molar-refractivity contribution >= 4 is 29.1 Å². The second-order valence-electron chi connectivity index (χ2n) is 4.85. The van der Waals surface area contributed by atoms with Crippen LogP contribution in [-0.2, 0) is 0 Å². The molecule has 1 fully saturated rings. The summed E-state index contributed by atoms with van der Waals surface area (Å²) in [6.45, 7) is -0.133. The number of benzene rings is 1. The Bertz CT molecular complexity index is 502. The van der Waals surface area contributed by atoms with Crippen LogP contribution in [0.3, 0.4) is 0 Å². The number of nitrogens with one attached hydrogen (secondary N) is 1. The van der Waals surface area contributed by atoms with Gasteiger partial charge in [0, 0.05) is 0 Å². The molecule has 1 saturated carbocycles. The average molecular weight is 306 g/mol. The van der Waals surface area contributed by atoms with Gasteiger partial charge in [0.05, 0.1) is 27.8 Å². The molecule has 1 aliphatic rings. The summed E-state index contributed by atoms with van der Waals surface area (Å²) >= 11 is 11.5. The van der Waals surface area contributed by atoms with Gasteiger partial charge in [0.25, 0.3) is 5.91 Å². The standard InChI is InChI=1S/C13H14Cl2FNO2/c14-9-6-10(15)11(16)5-8(9)12(19)17-13(7-18)3-1-2-4-13/h5-6,18H,1-4,7H2,(H,17,19). The summed E-state index contributed by atoms with van der Waals surface area (Å²) in [5.41, 5.74) is -0.584. The second-order valence-corrected chi connectivity index (χ2v) is 5.66. The Morgan fingerprint density at radius 1 is 1.32 bits per heavy atom. The van der Waals surface area contributed by atoms with E-state index in [4.69, 9.17) is 23.2 Å². The van der Waals surface area contributed by atoms with Crippen molar-refractivity contribution in [3.8, 4) is 0 Å². The van der Waals surface area contributed by atoms with Crippen LogP contribution in [0.5, 0.6) is 0 Å². The summed E-state index contributed by atoms with van der Waals surface area (Å²) in [7, 11) is 0. The molecule has 1 aliphatic carbocycles. The molecule has 0 heterocycles. The Morgan fingerprint density at radius 3 is 2.53 bits per heavy atom. The maximum Gasteiger partial charge on any atom is 0.253 e. The summed E-state index contributed by atoms with van der Waals surface area (Å²) in [5, 5.41) is 12.2. The van der Waals surface area contributed by atoms with E-state index in [1.54, 1.807) is 0 Å². The number of aliphatic hydroxyl groups excluding tert-OH is 1. The summed E-state index contributed by atoms with van der Waals surface area (Å²) in [5.74, 6) is -1.18. The van der Waals surface area contributed by atoms with Gasteiger partial charge in [0.15, 0.2) is 0 Å². The third-order valence-corrected chi connectivity index (χ3v) is 4.10. The first kappa shape index (κ1) is 14.6. The molecule has 1 aromatic rings. The topological polar surface area (TPSA) is 49.3 Å². The molecule has 0 aromatic heterocycles. The van der Waals surface area contributed by atoms with Crippen molar-refractivity contribution < 1.29 is 14.3 Å². The fourth-order valence-electron chi connectivity index (χ4n) is 2.38. The lowest BCUT2D eigenvalue weighted by atomic mass is 9.98. The number of aliphatic hydroxyl groups is 1. The highest BCUT2D eigenvalue weighted by Crippen LogP contribution is 2.30. The lowest BCUT2D eigenvalue weighted by molar-refractivity contribution is 0.0838. The van der Waals surface area contributed by atoms with Crippen molar-refractivity contribution in [2.24, 2.45) is 0 Å². The zero-order valence-corrected chi connectivity index (χ0v) is 11.7. The predicted molar refractivity (Wildman–Crippen MR) is 72.2 cm³/mol. The van der Waals surface area contributed by atoms with Crippen molar-refractivity contribution in [1.82, 2.24) is 5.32 Å². The molecule has 2 N–H and O–H groups in total. The SMILES string of the molecule is O=C(NC1(CO)CCCC1)c1cc(F)c(Cl)cc1Cl. The molecule has 0 atom stereocenters. The monoisotopic (exact) mass is 305 g/mol. The molecule has 104 valence electrons. The lowest BCUT2D eigenvalue weighted by Crippen LogP contribution is -2.49. The molecule has 0 saturated heterocycles. The number of carbonyl (C=O) groups excluding carboxylic acids is 1. The molecular formula is C13H14Cl2FNO2. The van der Waals surface area contributed by atoms with Crippen LogP contribution in [0, 0.1) is 5.82 Å². The first-order valence-electron chi connectivity index (χ1n) is 6.05. The quantitative estimate of drug-likeness (QED) is 0.843. The average Bonchev–Trinajstić information content (AvgIpc) is 2.83. The Morgan fingerprint density at radius 2 is 1.95 bits per heavy atom. The Balaban J connectivity index is 2.22. The molecular weight excluding hydrogens is 292 g/mol. The predicted octanol–water partition coefficient (Wildman–Crippen LogP) is 3.17. The van der Waals surface area contributed by atoms with Crippen LogP contribution in [0.15, 0.2) is 12.1 Å². The molecule has 1 aromatic carbocycles. The molecule has 0 aliphatic heterocycles. The van der Waals surface area contributed by atoms with E-state index >= 15 is 0 Å². The van der Waals surface area contributed by atoms with E-state index in [-0.39, 0.29) is 22.2 Å². The molecule has 6 heteroatoms. The first-order valence-corrected chi connectivity index (χ1v) is 6.81. The highest BCUT2D eigenvalue weighted by molar-refractivity contribution is 6.36. The van der Waals surface area contributed by atoms with Crippen LogP contribution in [0.2, 0.25) is 10.0 Å². The van der Waals surface area contributed by atoms with E-state index in [0.29, 0.717) is 12.8 Å². The van der Waals surface area contributed by atoms with Gasteiger partial charge < -0.3 is 10.4 Å². The number of rotatable bonds is 3. The summed E-state index contributed by atoms with van der Waals surface area (Å²) in [4.78, 5) is 12.1. The molecule has 0 radical (unpaired) electrons. The fraction of sp³-hybridized carbons (Fsp3) is 0.462. The largest absolute Gasteiger partial charge is 0.394 e. The van der Waals surface area contributed by atoms with Crippen LogP contribution in [0.1, 0.15) is 36.0 Å². The van der Waals surface area contributed by atoms with E-state index in [9.17, 15) is 14.3 Å². The van der Waals surface area contributed by atoms with Gasteiger partial charge >= 0.3 is 0 Å². The third-order valence-electron chi connectivity index (χ3n) is 3.50. The molecule has 1 amide bonds. The number of amides is 1. The zero-order chi connectivity index (χ0) is 14.0. The van der Waals surface area contributed by atoms with Crippen LogP contribution in [0.4, 0.5) is 4.39 Å². The van der Waals surface area contributed by atoms with Crippen molar-refractivity contribution in [2.45, 2.75) is 31.2 Å². The molecule has 3 nitrogen and oxygen atoms in total. The zero-order valence-electron chi connectivity index (χ0n) is 10.2. The maximum atomic E-state index is 13.4. The van der Waals surface area contributed by atoms with Gasteiger partial charge in [-0.2, -0.15) is 0 Å². The normalized spacial score (nSPS) is 17.5. The van der Waals surface area contributed by atoms with Crippen LogP contribution in [0.25, 0.3) is 0 Å². The minimum Gasteiger partial charge on any atom is -0.394 e. The number of hydrogen-bond donors (Lipinski definition) is 2. The summed E-state index contributed by atoms with van der Waals surface area (Å²) in [6, 6.07) is 2.22. The Hall–Kier alpha value is -0.840. The van der Waals surface area contributed by atoms with Crippen molar-refractivity contribution in [2.75, 3.05) is 6.61 Å². The third kappa shape index (κ3) is 3.02. The number of hydrogen-bond acceptors (Lipinski definition) is 2. The van der Waals surface area contributed by atoms with E-state index in [1.807, 2.05) is 0 Å². The molecule has 0 unspecified atom stereocenters. The highest BCUT2D eigenvalue weighted by atomic mass is 35.5. The van der Waals surface area contributed by atoms with Gasteiger partial charge in [-0.15, -0.1) is 0 Å². The smallest absolute Gasteiger partial charge is 0.253 e. The first-order chi connectivity index (χ1) is 8.97. The molecule has 0 bridgehead atoms. The second kappa shape index (κ2) is 5.65. The van der Waals surface area contributed by atoms with E-state index in [0.717, 1.165) is 18.9 Å². The number of halogens is 3. The van der Waals surface area contributed by atoms with Crippen LogP contribution in [-0.4, -0.2) is 23.2 Å². The van der Waals surface area contributed by atoms with Crippen molar-refractivity contribution in [3.63, 3.8) is 0 Å². The molecule has 0 spiro atoms. The van der Waals surface area contributed by atoms with Crippen LogP contribution >= 0.6 is 23.2 Å². The van der Waals surface area contributed by atoms with Crippen LogP contribution < -0.4 is 5.32 Å². The molecule has 2 rings (SSSR count). The van der Waals surface area contributed by atoms with Gasteiger partial charge in [-0.05, 0) is 25.0 Å². The number of carbonyl (C=O) groups is 1. The maximum absolute atomic E-state index is 13.4. The van der Waals surface area contributed by atoms with Gasteiger partial charge in [-0.1, -0.05) is 36.0 Å². The minimum absolute atomic E-state index is 0.0308. The van der Waals surface area contributed by atoms with Crippen molar-refractivity contribution in [1.29, 1.82) is 0 Å². The van der Waals surface area contributed by atoms with Gasteiger partial charge in [-0.3, -0.25) is 4.79 Å². The summed E-state index contributed by atoms with van der Waals surface area (Å²) < 4.78 is 13.4. The van der Waals surface area contributed by atoms with Gasteiger partial charge in [0.2, 0.25) is 0 Å². The Labute approximate surface area is 120 Å². The van der Waals surface area contributed by atoms with E-state index in [1.165, 1.54) is 6.07 Å². The van der Waals surface area contributed by atoms with E-state index < -0.39 is 17.3 Å². The van der Waals surface area contributed by atoms with Crippen molar-refractivity contribution in [3.05, 3.63) is 33.6 Å². The van der Waals surface area contributed by atoms with Gasteiger partial charge in [0.1, 0.15) is 5.82 Å². The molecule has 19 heavy (non-hydrogen) atoms. The van der Waals surface area contributed by atoms with Gasteiger partial charge in [-0.25, -0.2) is 4.39 Å². The Kier molecular flexibility index (Phi) is 4.33.